The zero-order valence-electron chi connectivity index (χ0n) is 12.4. The molecule has 0 radical (unpaired) electrons. The molecule has 0 spiro atoms. The lowest BCUT2D eigenvalue weighted by molar-refractivity contribution is 0.401. The van der Waals surface area contributed by atoms with E-state index in [9.17, 15) is 4.39 Å². The van der Waals surface area contributed by atoms with Gasteiger partial charge in [-0.3, -0.25) is 0 Å². The Morgan fingerprint density at radius 2 is 1.90 bits per heavy atom. The molecule has 112 valence electrons. The fraction of sp³-hybridized carbons (Fsp3) is 0.294. The Kier molecular flexibility index (Phi) is 5.37. The molecule has 2 nitrogen and oxygen atoms in total. The normalized spacial score (nSPS) is 12.2. The van der Waals surface area contributed by atoms with Gasteiger partial charge in [0.05, 0.1) is 17.6 Å². The molecule has 2 rings (SSSR count). The average Bonchev–Trinajstić information content (AvgIpc) is 2.51. The molecule has 1 N–H and O–H groups in total. The smallest absolute Gasteiger partial charge is 0.141 e. The van der Waals surface area contributed by atoms with Crippen molar-refractivity contribution >= 4 is 15.9 Å². The molecule has 0 aromatic heterocycles. The predicted molar refractivity (Wildman–Crippen MR) is 87.4 cm³/mol. The molecular formula is C17H19BrFNO. The lowest BCUT2D eigenvalue weighted by Crippen LogP contribution is -2.18. The van der Waals surface area contributed by atoms with Crippen molar-refractivity contribution in [1.82, 2.24) is 5.32 Å². The van der Waals surface area contributed by atoms with Gasteiger partial charge in [-0.1, -0.05) is 31.2 Å². The van der Waals surface area contributed by atoms with Crippen molar-refractivity contribution in [3.05, 3.63) is 63.4 Å². The lowest BCUT2D eigenvalue weighted by Gasteiger charge is -2.21. The van der Waals surface area contributed by atoms with E-state index in [-0.39, 0.29) is 11.9 Å². The summed E-state index contributed by atoms with van der Waals surface area (Å²) in [5.74, 6) is 0.210. The summed E-state index contributed by atoms with van der Waals surface area (Å²) >= 11 is 3.24. The number of rotatable bonds is 5. The van der Waals surface area contributed by atoms with Crippen LogP contribution in [0.4, 0.5) is 4.39 Å². The van der Waals surface area contributed by atoms with Crippen LogP contribution in [0.5, 0.6) is 5.75 Å². The van der Waals surface area contributed by atoms with Gasteiger partial charge in [-0.2, -0.15) is 0 Å². The summed E-state index contributed by atoms with van der Waals surface area (Å²) in [5, 5.41) is 3.27. The molecule has 1 atom stereocenters. The van der Waals surface area contributed by atoms with Gasteiger partial charge in [-0.25, -0.2) is 4.39 Å². The molecule has 0 bridgehead atoms. The third-order valence-electron chi connectivity index (χ3n) is 3.59. The van der Waals surface area contributed by atoms with Crippen LogP contribution in [0.3, 0.4) is 0 Å². The van der Waals surface area contributed by atoms with E-state index in [0.29, 0.717) is 10.2 Å². The van der Waals surface area contributed by atoms with Gasteiger partial charge in [-0.15, -0.1) is 0 Å². The second-order valence-corrected chi connectivity index (χ2v) is 5.68. The number of methoxy groups -OCH3 is 1. The van der Waals surface area contributed by atoms with Gasteiger partial charge < -0.3 is 10.1 Å². The number of ether oxygens (including phenoxy) is 1. The Hall–Kier alpha value is -1.39. The minimum absolute atomic E-state index is 0.0530. The van der Waals surface area contributed by atoms with Crippen LogP contribution in [0.1, 0.15) is 29.7 Å². The summed E-state index contributed by atoms with van der Waals surface area (Å²) in [6, 6.07) is 11.5. The Bertz CT molecular complexity index is 613. The van der Waals surface area contributed by atoms with Crippen LogP contribution < -0.4 is 10.1 Å². The van der Waals surface area contributed by atoms with E-state index in [1.54, 1.807) is 13.2 Å². The number of nitrogens with one attached hydrogen (secondary N) is 1. The first-order chi connectivity index (χ1) is 10.1. The van der Waals surface area contributed by atoms with E-state index in [0.717, 1.165) is 17.5 Å². The number of benzene rings is 2. The van der Waals surface area contributed by atoms with Crippen molar-refractivity contribution in [3.63, 3.8) is 0 Å². The van der Waals surface area contributed by atoms with E-state index in [1.807, 2.05) is 7.05 Å². The van der Waals surface area contributed by atoms with E-state index in [1.165, 1.54) is 11.6 Å². The van der Waals surface area contributed by atoms with Gasteiger partial charge in [-0.05, 0) is 46.6 Å². The molecule has 0 saturated carbocycles. The van der Waals surface area contributed by atoms with Gasteiger partial charge in [0.15, 0.2) is 0 Å². The predicted octanol–water partition coefficient (Wildman–Crippen LogP) is 4.47. The summed E-state index contributed by atoms with van der Waals surface area (Å²) in [7, 11) is 3.44. The highest BCUT2D eigenvalue weighted by molar-refractivity contribution is 9.10. The number of halogens is 2. The molecule has 0 fully saturated rings. The highest BCUT2D eigenvalue weighted by Crippen LogP contribution is 2.34. The molecule has 2 aromatic carbocycles. The Labute approximate surface area is 133 Å². The van der Waals surface area contributed by atoms with Crippen LogP contribution >= 0.6 is 15.9 Å². The molecule has 0 heterocycles. The van der Waals surface area contributed by atoms with Gasteiger partial charge >= 0.3 is 0 Å². The molecule has 1 unspecified atom stereocenters. The summed E-state index contributed by atoms with van der Waals surface area (Å²) in [6.07, 6.45) is 1.01. The molecule has 4 heteroatoms. The van der Waals surface area contributed by atoms with Crippen molar-refractivity contribution < 1.29 is 9.13 Å². The summed E-state index contributed by atoms with van der Waals surface area (Å²) < 4.78 is 19.4. The maximum Gasteiger partial charge on any atom is 0.141 e. The minimum atomic E-state index is -0.327. The van der Waals surface area contributed by atoms with Crippen LogP contribution in [0.25, 0.3) is 0 Å². The molecular weight excluding hydrogens is 333 g/mol. The maximum absolute atomic E-state index is 13.7. The standard InChI is InChI=1S/C17H19BrFNO/c1-4-11-5-7-12(8-6-11)17(20-2)13-9-14(18)15(19)10-16(13)21-3/h5-10,17,20H,4H2,1-3H3. The highest BCUT2D eigenvalue weighted by Gasteiger charge is 2.19. The van der Waals surface area contributed by atoms with E-state index < -0.39 is 0 Å². The first-order valence-electron chi connectivity index (χ1n) is 6.89. The molecule has 0 saturated heterocycles. The molecule has 0 amide bonds. The van der Waals surface area contributed by atoms with Crippen LogP contribution in [0, 0.1) is 5.82 Å². The van der Waals surface area contributed by atoms with E-state index in [2.05, 4.69) is 52.4 Å². The lowest BCUT2D eigenvalue weighted by atomic mass is 9.96. The second kappa shape index (κ2) is 7.05. The van der Waals surface area contributed by atoms with Crippen molar-refractivity contribution in [2.24, 2.45) is 0 Å². The molecule has 21 heavy (non-hydrogen) atoms. The third kappa shape index (κ3) is 3.44. The molecule has 0 aliphatic heterocycles. The first kappa shape index (κ1) is 16.0. The summed E-state index contributed by atoms with van der Waals surface area (Å²) in [6.45, 7) is 2.13. The molecule has 0 aliphatic carbocycles. The summed E-state index contributed by atoms with van der Waals surface area (Å²) in [5.41, 5.74) is 3.31. The van der Waals surface area contributed by atoms with Crippen molar-refractivity contribution in [3.8, 4) is 5.75 Å². The van der Waals surface area contributed by atoms with E-state index >= 15 is 0 Å². The SMILES string of the molecule is CCc1ccc(C(NC)c2cc(Br)c(F)cc2OC)cc1. The average molecular weight is 352 g/mol. The van der Waals surface area contributed by atoms with E-state index in [4.69, 9.17) is 4.74 Å². The Morgan fingerprint density at radius 3 is 2.43 bits per heavy atom. The highest BCUT2D eigenvalue weighted by atomic mass is 79.9. The third-order valence-corrected chi connectivity index (χ3v) is 4.20. The molecule has 2 aromatic rings. The van der Waals surface area contributed by atoms with Crippen LogP contribution in [-0.2, 0) is 6.42 Å². The quantitative estimate of drug-likeness (QED) is 0.857. The van der Waals surface area contributed by atoms with Crippen LogP contribution in [-0.4, -0.2) is 14.2 Å². The van der Waals surface area contributed by atoms with Crippen molar-refractivity contribution in [1.29, 1.82) is 0 Å². The van der Waals surface area contributed by atoms with Gasteiger partial charge in [0.1, 0.15) is 11.6 Å². The maximum atomic E-state index is 13.7. The zero-order chi connectivity index (χ0) is 15.4. The Morgan fingerprint density at radius 1 is 1.24 bits per heavy atom. The van der Waals surface area contributed by atoms with Gasteiger partial charge in [0.2, 0.25) is 0 Å². The summed E-state index contributed by atoms with van der Waals surface area (Å²) in [4.78, 5) is 0. The zero-order valence-corrected chi connectivity index (χ0v) is 14.0. The van der Waals surface area contributed by atoms with Crippen LogP contribution in [0.15, 0.2) is 40.9 Å². The van der Waals surface area contributed by atoms with Crippen LogP contribution in [0.2, 0.25) is 0 Å². The Balaban J connectivity index is 2.47. The van der Waals surface area contributed by atoms with Crippen molar-refractivity contribution in [2.75, 3.05) is 14.2 Å². The van der Waals surface area contributed by atoms with Gasteiger partial charge in [0.25, 0.3) is 0 Å². The fourth-order valence-corrected chi connectivity index (χ4v) is 2.75. The largest absolute Gasteiger partial charge is 0.496 e. The minimum Gasteiger partial charge on any atom is -0.496 e. The molecule has 0 aliphatic rings. The first-order valence-corrected chi connectivity index (χ1v) is 7.69. The van der Waals surface area contributed by atoms with Crippen molar-refractivity contribution in [2.45, 2.75) is 19.4 Å². The number of aryl methyl sites for hydroxylation is 1. The fourth-order valence-electron chi connectivity index (χ4n) is 2.39. The van der Waals surface area contributed by atoms with Gasteiger partial charge in [0, 0.05) is 11.6 Å². The number of hydrogen-bond acceptors (Lipinski definition) is 2. The number of hydrogen-bond donors (Lipinski definition) is 1. The monoisotopic (exact) mass is 351 g/mol. The second-order valence-electron chi connectivity index (χ2n) is 4.83. The topological polar surface area (TPSA) is 21.3 Å².